The molecule has 0 fully saturated rings. The Labute approximate surface area is 173 Å². The Morgan fingerprint density at radius 2 is 1.68 bits per heavy atom. The molecule has 0 aliphatic rings. The van der Waals surface area contributed by atoms with Gasteiger partial charge in [0.1, 0.15) is 0 Å². The summed E-state index contributed by atoms with van der Waals surface area (Å²) in [6.45, 7) is 4.25. The van der Waals surface area contributed by atoms with E-state index in [1.807, 2.05) is 19.9 Å². The average molecular weight is 426 g/mol. The van der Waals surface area contributed by atoms with E-state index in [0.29, 0.717) is 25.1 Å². The van der Waals surface area contributed by atoms with Crippen molar-refractivity contribution in [2.24, 2.45) is 5.73 Å². The number of benzene rings is 2. The quantitative estimate of drug-likeness (QED) is 0.679. The van der Waals surface area contributed by atoms with Gasteiger partial charge in [-0.05, 0) is 43.2 Å². The Morgan fingerprint density at radius 3 is 2.21 bits per heavy atom. The van der Waals surface area contributed by atoms with Gasteiger partial charge in [-0.25, -0.2) is 8.42 Å². The minimum atomic E-state index is -3.78. The maximum atomic E-state index is 12.9. The molecule has 2 aromatic carbocycles. The summed E-state index contributed by atoms with van der Waals surface area (Å²) < 4.78 is 27.1. The summed E-state index contributed by atoms with van der Waals surface area (Å²) in [6.07, 6.45) is 1.39. The van der Waals surface area contributed by atoms with Crippen LogP contribution >= 0.6 is 12.4 Å². The number of rotatable bonds is 8. The molecule has 1 amide bonds. The Balaban J connectivity index is 0.00000392. The summed E-state index contributed by atoms with van der Waals surface area (Å²) in [4.78, 5) is 12.7. The Hall–Kier alpha value is -2.09. The molecular formula is C20H28ClN3O3S. The molecule has 0 radical (unpaired) electrons. The molecule has 0 aliphatic carbocycles. The van der Waals surface area contributed by atoms with Gasteiger partial charge in [0, 0.05) is 19.2 Å². The molecule has 2 rings (SSSR count). The molecule has 0 spiro atoms. The fraction of sp³-hybridized carbons (Fsp3) is 0.350. The molecule has 0 unspecified atom stereocenters. The average Bonchev–Trinajstić information content (AvgIpc) is 2.72. The topological polar surface area (TPSA) is 92.5 Å². The number of halogens is 1. The summed E-state index contributed by atoms with van der Waals surface area (Å²) in [5, 5.41) is 2.96. The van der Waals surface area contributed by atoms with E-state index >= 15 is 0 Å². The van der Waals surface area contributed by atoms with E-state index in [-0.39, 0.29) is 28.8 Å². The van der Waals surface area contributed by atoms with Crippen LogP contribution in [0.4, 0.5) is 5.69 Å². The normalized spacial score (nSPS) is 11.4. The monoisotopic (exact) mass is 425 g/mol. The maximum absolute atomic E-state index is 12.9. The summed E-state index contributed by atoms with van der Waals surface area (Å²) in [7, 11) is -2.29. The molecule has 154 valence electrons. The van der Waals surface area contributed by atoms with Gasteiger partial charge in [-0.15, -0.1) is 12.4 Å². The van der Waals surface area contributed by atoms with Gasteiger partial charge in [-0.2, -0.15) is 0 Å². The van der Waals surface area contributed by atoms with Crippen LogP contribution in [0.2, 0.25) is 0 Å². The van der Waals surface area contributed by atoms with Crippen LogP contribution in [0, 0.1) is 0 Å². The third kappa shape index (κ3) is 5.04. The highest BCUT2D eigenvalue weighted by atomic mass is 35.5. The van der Waals surface area contributed by atoms with Crippen molar-refractivity contribution in [1.29, 1.82) is 0 Å². The molecule has 0 heterocycles. The van der Waals surface area contributed by atoms with Crippen molar-refractivity contribution < 1.29 is 13.2 Å². The minimum absolute atomic E-state index is 0. The number of carbonyl (C=O) groups is 1. The zero-order valence-corrected chi connectivity index (χ0v) is 18.0. The standard InChI is InChI=1S/C20H27N3O3S.ClH/c1-4-20(5-2,15-21)22-19(24)16-10-9-13-18(14-16)27(25,26)23(3)17-11-7-6-8-12-17;/h6-14H,4-5,15,21H2,1-3H3,(H,22,24);1H. The lowest BCUT2D eigenvalue weighted by Gasteiger charge is -2.31. The number of hydrogen-bond acceptors (Lipinski definition) is 4. The number of nitrogens with zero attached hydrogens (tertiary/aromatic N) is 1. The number of nitrogens with two attached hydrogens (primary N) is 1. The van der Waals surface area contributed by atoms with Crippen molar-refractivity contribution in [3.8, 4) is 0 Å². The molecular weight excluding hydrogens is 398 g/mol. The van der Waals surface area contributed by atoms with Crippen LogP contribution < -0.4 is 15.4 Å². The number of para-hydroxylation sites is 1. The van der Waals surface area contributed by atoms with Gasteiger partial charge in [0.05, 0.1) is 16.1 Å². The second-order valence-corrected chi connectivity index (χ2v) is 8.45. The van der Waals surface area contributed by atoms with Crippen LogP contribution in [0.15, 0.2) is 59.5 Å². The second-order valence-electron chi connectivity index (χ2n) is 6.48. The molecule has 0 bridgehead atoms. The first kappa shape index (κ1) is 23.9. The van der Waals surface area contributed by atoms with Gasteiger partial charge in [0.15, 0.2) is 0 Å². The Bertz CT molecular complexity index is 876. The lowest BCUT2D eigenvalue weighted by atomic mass is 9.92. The minimum Gasteiger partial charge on any atom is -0.345 e. The van der Waals surface area contributed by atoms with E-state index in [4.69, 9.17) is 5.73 Å². The van der Waals surface area contributed by atoms with E-state index < -0.39 is 15.6 Å². The van der Waals surface area contributed by atoms with E-state index in [1.165, 1.54) is 23.5 Å². The molecule has 0 atom stereocenters. The van der Waals surface area contributed by atoms with Crippen molar-refractivity contribution in [2.75, 3.05) is 17.9 Å². The predicted molar refractivity (Wildman–Crippen MR) is 116 cm³/mol. The number of hydrogen-bond donors (Lipinski definition) is 2. The summed E-state index contributed by atoms with van der Waals surface area (Å²) >= 11 is 0. The smallest absolute Gasteiger partial charge is 0.264 e. The van der Waals surface area contributed by atoms with Crippen molar-refractivity contribution in [1.82, 2.24) is 5.32 Å². The molecule has 2 aromatic rings. The van der Waals surface area contributed by atoms with Crippen LogP contribution in [0.25, 0.3) is 0 Å². The van der Waals surface area contributed by atoms with Crippen molar-refractivity contribution in [2.45, 2.75) is 37.1 Å². The van der Waals surface area contributed by atoms with Crippen LogP contribution in [0.1, 0.15) is 37.0 Å². The zero-order valence-electron chi connectivity index (χ0n) is 16.4. The highest BCUT2D eigenvalue weighted by molar-refractivity contribution is 7.92. The van der Waals surface area contributed by atoms with Crippen LogP contribution in [-0.4, -0.2) is 33.5 Å². The maximum Gasteiger partial charge on any atom is 0.264 e. The molecule has 0 saturated heterocycles. The second kappa shape index (κ2) is 9.91. The summed E-state index contributed by atoms with van der Waals surface area (Å²) in [5.41, 5.74) is 6.18. The van der Waals surface area contributed by atoms with Gasteiger partial charge in [-0.3, -0.25) is 9.10 Å². The first-order valence-electron chi connectivity index (χ1n) is 8.96. The highest BCUT2D eigenvalue weighted by Crippen LogP contribution is 2.23. The third-order valence-electron chi connectivity index (χ3n) is 5.00. The fourth-order valence-electron chi connectivity index (χ4n) is 2.81. The number of amides is 1. The van der Waals surface area contributed by atoms with Crippen LogP contribution in [0.5, 0.6) is 0 Å². The highest BCUT2D eigenvalue weighted by Gasteiger charge is 2.28. The number of carbonyl (C=O) groups excluding carboxylic acids is 1. The predicted octanol–water partition coefficient (Wildman–Crippen LogP) is 3.18. The lowest BCUT2D eigenvalue weighted by Crippen LogP contribution is -2.52. The molecule has 6 nitrogen and oxygen atoms in total. The molecule has 0 aromatic heterocycles. The van der Waals surface area contributed by atoms with E-state index in [9.17, 15) is 13.2 Å². The Morgan fingerprint density at radius 1 is 1.07 bits per heavy atom. The van der Waals surface area contributed by atoms with Crippen LogP contribution in [0.3, 0.4) is 0 Å². The molecule has 0 saturated carbocycles. The number of anilines is 1. The first-order chi connectivity index (χ1) is 12.8. The van der Waals surface area contributed by atoms with Crippen molar-refractivity contribution in [3.63, 3.8) is 0 Å². The largest absolute Gasteiger partial charge is 0.345 e. The van der Waals surface area contributed by atoms with E-state index in [2.05, 4.69) is 5.32 Å². The molecule has 3 N–H and O–H groups in total. The van der Waals surface area contributed by atoms with Crippen molar-refractivity contribution in [3.05, 3.63) is 60.2 Å². The SMILES string of the molecule is CCC(CC)(CN)NC(=O)c1cccc(S(=O)(=O)N(C)c2ccccc2)c1.Cl. The number of nitrogens with one attached hydrogen (secondary N) is 1. The zero-order chi connectivity index (χ0) is 20.1. The van der Waals surface area contributed by atoms with E-state index in [1.54, 1.807) is 36.4 Å². The summed E-state index contributed by atoms with van der Waals surface area (Å²) in [5.74, 6) is -0.330. The number of sulfonamides is 1. The molecule has 8 heteroatoms. The van der Waals surface area contributed by atoms with Gasteiger partial charge >= 0.3 is 0 Å². The lowest BCUT2D eigenvalue weighted by molar-refractivity contribution is 0.0895. The molecule has 0 aliphatic heterocycles. The third-order valence-corrected chi connectivity index (χ3v) is 6.78. The van der Waals surface area contributed by atoms with Gasteiger partial charge in [-0.1, -0.05) is 38.1 Å². The fourth-order valence-corrected chi connectivity index (χ4v) is 4.05. The van der Waals surface area contributed by atoms with Gasteiger partial charge in [0.2, 0.25) is 0 Å². The molecule has 28 heavy (non-hydrogen) atoms. The summed E-state index contributed by atoms with van der Waals surface area (Å²) in [6, 6.07) is 14.9. The first-order valence-corrected chi connectivity index (χ1v) is 10.4. The van der Waals surface area contributed by atoms with Crippen molar-refractivity contribution >= 4 is 34.0 Å². The van der Waals surface area contributed by atoms with Crippen LogP contribution in [-0.2, 0) is 10.0 Å². The van der Waals surface area contributed by atoms with E-state index in [0.717, 1.165) is 0 Å². The van der Waals surface area contributed by atoms with Gasteiger partial charge in [0.25, 0.3) is 15.9 Å². The van der Waals surface area contributed by atoms with Gasteiger partial charge < -0.3 is 11.1 Å². The Kier molecular flexibility index (Phi) is 8.48.